The Bertz CT molecular complexity index is 83.4. The Morgan fingerprint density at radius 2 is 2.00 bits per heavy atom. The molecule has 0 radical (unpaired) electrons. The van der Waals surface area contributed by atoms with E-state index in [1.807, 2.05) is 0 Å². The molecule has 68 valence electrons. The van der Waals surface area contributed by atoms with E-state index in [0.717, 1.165) is 6.42 Å². The number of hydrogen-bond acceptors (Lipinski definition) is 3. The number of rotatable bonds is 6. The fourth-order valence-corrected chi connectivity index (χ4v) is 0.896. The van der Waals surface area contributed by atoms with Gasteiger partial charge in [-0.2, -0.15) is 0 Å². The summed E-state index contributed by atoms with van der Waals surface area (Å²) in [6.45, 7) is 4.77. The van der Waals surface area contributed by atoms with E-state index in [4.69, 9.17) is 9.84 Å². The molecule has 1 unspecified atom stereocenters. The van der Waals surface area contributed by atoms with E-state index in [1.165, 1.54) is 0 Å². The molecule has 3 nitrogen and oxygen atoms in total. The first-order chi connectivity index (χ1) is 5.16. The molecule has 0 aliphatic heterocycles. The van der Waals surface area contributed by atoms with Gasteiger partial charge in [0, 0.05) is 0 Å². The maximum absolute atomic E-state index is 9.24. The minimum absolute atomic E-state index is 0.0222. The van der Waals surface area contributed by atoms with Gasteiger partial charge in [-0.25, -0.2) is 0 Å². The molecule has 0 spiro atoms. The topological polar surface area (TPSA) is 49.7 Å². The molecule has 0 heterocycles. The first kappa shape index (κ1) is 10.9. The van der Waals surface area contributed by atoms with Crippen molar-refractivity contribution in [1.82, 2.24) is 0 Å². The Balaban J connectivity index is 3.15. The van der Waals surface area contributed by atoms with Crippen molar-refractivity contribution >= 4 is 0 Å². The third-order valence-electron chi connectivity index (χ3n) is 1.29. The number of hydrogen-bond donors (Lipinski definition) is 2. The maximum atomic E-state index is 9.24. The predicted octanol–water partition coefficient (Wildman–Crippen LogP) is 0.402. The molecule has 0 aromatic carbocycles. The summed E-state index contributed by atoms with van der Waals surface area (Å²) in [5.41, 5.74) is 0. The zero-order valence-corrected chi connectivity index (χ0v) is 7.29. The fourth-order valence-electron chi connectivity index (χ4n) is 0.896. The Kier molecular flexibility index (Phi) is 6.51. The van der Waals surface area contributed by atoms with E-state index < -0.39 is 0 Å². The molecule has 3 heteroatoms. The summed E-state index contributed by atoms with van der Waals surface area (Å²) in [4.78, 5) is 0. The van der Waals surface area contributed by atoms with Crippen LogP contribution in [-0.4, -0.2) is 36.1 Å². The van der Waals surface area contributed by atoms with Crippen molar-refractivity contribution in [3.8, 4) is 0 Å². The lowest BCUT2D eigenvalue weighted by molar-refractivity contribution is 0.0131. The van der Waals surface area contributed by atoms with Crippen molar-refractivity contribution in [3.63, 3.8) is 0 Å². The molecule has 0 aliphatic rings. The van der Waals surface area contributed by atoms with Gasteiger partial charge in [0.05, 0.1) is 25.9 Å². The number of aliphatic hydroxyl groups is 2. The molecule has 0 rings (SSSR count). The second kappa shape index (κ2) is 6.58. The Hall–Kier alpha value is -0.120. The molecule has 2 N–H and O–H groups in total. The average molecular weight is 162 g/mol. The molecular formula is C8H18O3. The molecule has 0 saturated carbocycles. The summed E-state index contributed by atoms with van der Waals surface area (Å²) in [5.74, 6) is 0.489. The van der Waals surface area contributed by atoms with Crippen molar-refractivity contribution < 1.29 is 14.9 Å². The van der Waals surface area contributed by atoms with E-state index in [-0.39, 0.29) is 12.7 Å². The van der Waals surface area contributed by atoms with Crippen LogP contribution in [0.2, 0.25) is 0 Å². The lowest BCUT2D eigenvalue weighted by atomic mass is 10.1. The molecular weight excluding hydrogens is 144 g/mol. The summed E-state index contributed by atoms with van der Waals surface area (Å²) < 4.78 is 4.95. The Labute approximate surface area is 68.0 Å². The number of ether oxygens (including phenoxy) is 1. The Morgan fingerprint density at radius 1 is 1.36 bits per heavy atom. The Morgan fingerprint density at radius 3 is 2.45 bits per heavy atom. The van der Waals surface area contributed by atoms with Crippen LogP contribution < -0.4 is 0 Å². The summed E-state index contributed by atoms with van der Waals surface area (Å²) >= 11 is 0. The van der Waals surface area contributed by atoms with Gasteiger partial charge in [-0.05, 0) is 12.3 Å². The van der Waals surface area contributed by atoms with Crippen LogP contribution in [-0.2, 0) is 4.74 Å². The van der Waals surface area contributed by atoms with Crippen LogP contribution in [0.15, 0.2) is 0 Å². The maximum Gasteiger partial charge on any atom is 0.0776 e. The average Bonchev–Trinajstić information content (AvgIpc) is 1.86. The van der Waals surface area contributed by atoms with Crippen molar-refractivity contribution in [3.05, 3.63) is 0 Å². The van der Waals surface area contributed by atoms with Crippen molar-refractivity contribution in [2.75, 3.05) is 19.8 Å². The molecule has 0 saturated heterocycles. The molecule has 11 heavy (non-hydrogen) atoms. The van der Waals surface area contributed by atoms with Gasteiger partial charge in [0.15, 0.2) is 0 Å². The van der Waals surface area contributed by atoms with Crippen LogP contribution in [0, 0.1) is 5.92 Å². The van der Waals surface area contributed by atoms with Crippen LogP contribution >= 0.6 is 0 Å². The van der Waals surface area contributed by atoms with E-state index in [0.29, 0.717) is 19.1 Å². The predicted molar refractivity (Wildman–Crippen MR) is 43.4 cm³/mol. The minimum Gasteiger partial charge on any atom is -0.394 e. The monoisotopic (exact) mass is 162 g/mol. The first-order valence-electron chi connectivity index (χ1n) is 4.03. The van der Waals surface area contributed by atoms with Crippen molar-refractivity contribution in [2.24, 2.45) is 5.92 Å². The third-order valence-corrected chi connectivity index (χ3v) is 1.29. The third kappa shape index (κ3) is 7.78. The van der Waals surface area contributed by atoms with Gasteiger partial charge < -0.3 is 14.9 Å². The van der Waals surface area contributed by atoms with E-state index in [2.05, 4.69) is 13.8 Å². The summed E-state index contributed by atoms with van der Waals surface area (Å²) in [6, 6.07) is 0. The highest BCUT2D eigenvalue weighted by atomic mass is 16.5. The lowest BCUT2D eigenvalue weighted by Crippen LogP contribution is -2.18. The molecule has 0 bridgehead atoms. The van der Waals surface area contributed by atoms with Crippen molar-refractivity contribution in [1.29, 1.82) is 0 Å². The van der Waals surface area contributed by atoms with Gasteiger partial charge in [-0.1, -0.05) is 13.8 Å². The van der Waals surface area contributed by atoms with Gasteiger partial charge in [0.25, 0.3) is 0 Å². The van der Waals surface area contributed by atoms with Gasteiger partial charge in [0.1, 0.15) is 0 Å². The van der Waals surface area contributed by atoms with Gasteiger partial charge in [0.2, 0.25) is 0 Å². The first-order valence-corrected chi connectivity index (χ1v) is 4.03. The van der Waals surface area contributed by atoms with Crippen LogP contribution in [0.1, 0.15) is 20.3 Å². The quantitative estimate of drug-likeness (QED) is 0.556. The second-order valence-corrected chi connectivity index (χ2v) is 3.08. The summed E-state index contributed by atoms with van der Waals surface area (Å²) in [5, 5.41) is 17.6. The normalized spacial score (nSPS) is 13.9. The van der Waals surface area contributed by atoms with Crippen LogP contribution in [0.5, 0.6) is 0 Å². The number of aliphatic hydroxyl groups excluding tert-OH is 2. The highest BCUT2D eigenvalue weighted by molar-refractivity contribution is 4.56. The highest BCUT2D eigenvalue weighted by Crippen LogP contribution is 2.04. The van der Waals surface area contributed by atoms with E-state index in [9.17, 15) is 5.11 Å². The van der Waals surface area contributed by atoms with Crippen LogP contribution in [0.25, 0.3) is 0 Å². The summed E-state index contributed by atoms with van der Waals surface area (Å²) in [7, 11) is 0. The van der Waals surface area contributed by atoms with E-state index in [1.54, 1.807) is 0 Å². The van der Waals surface area contributed by atoms with Gasteiger partial charge in [-0.15, -0.1) is 0 Å². The molecule has 0 aromatic heterocycles. The summed E-state index contributed by atoms with van der Waals surface area (Å²) in [6.07, 6.45) is 0.368. The zero-order valence-electron chi connectivity index (χ0n) is 7.29. The molecule has 0 amide bonds. The molecule has 0 aliphatic carbocycles. The van der Waals surface area contributed by atoms with Gasteiger partial charge in [-0.3, -0.25) is 0 Å². The van der Waals surface area contributed by atoms with E-state index >= 15 is 0 Å². The fraction of sp³-hybridized carbons (Fsp3) is 1.00. The molecule has 1 atom stereocenters. The standard InChI is InChI=1S/C8H18O3/c1-7(2)5-8(10)6-11-4-3-9/h7-10H,3-6H2,1-2H3. The molecule has 0 fully saturated rings. The smallest absolute Gasteiger partial charge is 0.0776 e. The molecule has 0 aromatic rings. The van der Waals surface area contributed by atoms with Crippen molar-refractivity contribution in [2.45, 2.75) is 26.4 Å². The second-order valence-electron chi connectivity index (χ2n) is 3.08. The van der Waals surface area contributed by atoms with Crippen LogP contribution in [0.4, 0.5) is 0 Å². The highest BCUT2D eigenvalue weighted by Gasteiger charge is 2.05. The van der Waals surface area contributed by atoms with Gasteiger partial charge >= 0.3 is 0 Å². The zero-order chi connectivity index (χ0) is 8.69. The lowest BCUT2D eigenvalue weighted by Gasteiger charge is -2.12. The SMILES string of the molecule is CC(C)CC(O)COCCO. The van der Waals surface area contributed by atoms with Crippen LogP contribution in [0.3, 0.4) is 0 Å². The largest absolute Gasteiger partial charge is 0.394 e. The minimum atomic E-state index is -0.387.